The van der Waals surface area contributed by atoms with E-state index in [1.165, 1.54) is 22.5 Å². The summed E-state index contributed by atoms with van der Waals surface area (Å²) >= 11 is 6.02. The predicted octanol–water partition coefficient (Wildman–Crippen LogP) is 2.40. The highest BCUT2D eigenvalue weighted by Crippen LogP contribution is 2.26. The topological polar surface area (TPSA) is 70.4 Å². The van der Waals surface area contributed by atoms with E-state index in [9.17, 15) is 8.42 Å². The molecule has 1 saturated heterocycles. The number of nitrogens with zero attached hydrogens (tertiary/aromatic N) is 2. The second-order valence-corrected chi connectivity index (χ2v) is 7.16. The zero-order chi connectivity index (χ0) is 15.5. The molecule has 0 amide bonds. The van der Waals surface area contributed by atoms with Crippen LogP contribution >= 0.6 is 11.6 Å². The summed E-state index contributed by atoms with van der Waals surface area (Å²) in [5, 5.41) is 8.89. The number of hydrogen-bond donors (Lipinski definition) is 0. The second kappa shape index (κ2) is 6.75. The largest absolute Gasteiger partial charge is 0.377 e. The number of ether oxygens (including phenoxy) is 1. The van der Waals surface area contributed by atoms with Gasteiger partial charge in [-0.15, -0.1) is 0 Å². The van der Waals surface area contributed by atoms with Crippen LogP contribution in [0.15, 0.2) is 23.1 Å². The summed E-state index contributed by atoms with van der Waals surface area (Å²) in [6, 6.07) is 6.15. The maximum absolute atomic E-state index is 12.7. The summed E-state index contributed by atoms with van der Waals surface area (Å²) in [6.45, 7) is 3.14. The lowest BCUT2D eigenvalue weighted by molar-refractivity contribution is 0.0947. The van der Waals surface area contributed by atoms with E-state index in [1.54, 1.807) is 6.92 Å². The third-order valence-corrected chi connectivity index (χ3v) is 5.89. The van der Waals surface area contributed by atoms with Gasteiger partial charge in [-0.2, -0.15) is 9.57 Å². The highest BCUT2D eigenvalue weighted by molar-refractivity contribution is 7.89. The summed E-state index contributed by atoms with van der Waals surface area (Å²) in [7, 11) is -3.68. The molecule has 0 bridgehead atoms. The van der Waals surface area contributed by atoms with Gasteiger partial charge in [0.1, 0.15) is 4.90 Å². The first-order chi connectivity index (χ1) is 9.98. The third kappa shape index (κ3) is 3.55. The Balaban J connectivity index is 2.28. The standard InChI is InChI=1S/C14H17ClN2O3S/c1-2-17(10-12-4-3-7-20-12)21(18,19)14-6-5-11(9-16)8-13(14)15/h5-6,8,12H,2-4,7,10H2,1H3. The normalized spacial score (nSPS) is 18.9. The van der Waals surface area contributed by atoms with Crippen LogP contribution in [-0.2, 0) is 14.8 Å². The van der Waals surface area contributed by atoms with Crippen molar-refractivity contribution in [3.63, 3.8) is 0 Å². The first-order valence-electron chi connectivity index (χ1n) is 6.80. The maximum atomic E-state index is 12.7. The Morgan fingerprint density at radius 2 is 2.29 bits per heavy atom. The lowest BCUT2D eigenvalue weighted by Gasteiger charge is -2.23. The fraction of sp³-hybridized carbons (Fsp3) is 0.500. The van der Waals surface area contributed by atoms with Crippen molar-refractivity contribution < 1.29 is 13.2 Å². The Labute approximate surface area is 130 Å². The van der Waals surface area contributed by atoms with Gasteiger partial charge in [-0.25, -0.2) is 8.42 Å². The fourth-order valence-corrected chi connectivity index (χ4v) is 4.33. The Hall–Kier alpha value is -1.13. The van der Waals surface area contributed by atoms with Gasteiger partial charge in [-0.05, 0) is 31.0 Å². The monoisotopic (exact) mass is 328 g/mol. The molecule has 0 aromatic heterocycles. The van der Waals surface area contributed by atoms with Crippen molar-refractivity contribution in [3.05, 3.63) is 28.8 Å². The molecule has 1 atom stereocenters. The van der Waals surface area contributed by atoms with E-state index in [1.807, 2.05) is 6.07 Å². The van der Waals surface area contributed by atoms with E-state index in [2.05, 4.69) is 0 Å². The van der Waals surface area contributed by atoms with Crippen LogP contribution in [0.2, 0.25) is 5.02 Å². The van der Waals surface area contributed by atoms with Crippen LogP contribution < -0.4 is 0 Å². The summed E-state index contributed by atoms with van der Waals surface area (Å²) < 4.78 is 32.2. The Kier molecular flexibility index (Phi) is 5.22. The van der Waals surface area contributed by atoms with E-state index < -0.39 is 10.0 Å². The average Bonchev–Trinajstić information content (AvgIpc) is 2.97. The SMILES string of the molecule is CCN(CC1CCCO1)S(=O)(=O)c1ccc(C#N)cc1Cl. The third-order valence-electron chi connectivity index (χ3n) is 3.46. The van der Waals surface area contributed by atoms with Gasteiger partial charge in [-0.3, -0.25) is 0 Å². The van der Waals surface area contributed by atoms with Crippen LogP contribution in [0.4, 0.5) is 0 Å². The van der Waals surface area contributed by atoms with Gasteiger partial charge in [0.05, 0.1) is 22.8 Å². The zero-order valence-corrected chi connectivity index (χ0v) is 13.3. The molecular weight excluding hydrogens is 312 g/mol. The predicted molar refractivity (Wildman–Crippen MR) is 79.6 cm³/mol. The lowest BCUT2D eigenvalue weighted by atomic mass is 10.2. The van der Waals surface area contributed by atoms with Crippen molar-refractivity contribution in [1.29, 1.82) is 5.26 Å². The summed E-state index contributed by atoms with van der Waals surface area (Å²) in [5.74, 6) is 0. The number of likely N-dealkylation sites (N-methyl/N-ethyl adjacent to an activating group) is 1. The van der Waals surface area contributed by atoms with Crippen molar-refractivity contribution >= 4 is 21.6 Å². The van der Waals surface area contributed by atoms with Gasteiger partial charge in [0, 0.05) is 19.7 Å². The summed E-state index contributed by atoms with van der Waals surface area (Å²) in [5.41, 5.74) is 0.334. The molecule has 1 aliphatic heterocycles. The molecule has 0 spiro atoms. The van der Waals surface area contributed by atoms with Crippen molar-refractivity contribution in [2.24, 2.45) is 0 Å². The molecule has 2 rings (SSSR count). The zero-order valence-electron chi connectivity index (χ0n) is 11.8. The Bertz CT molecular complexity index is 649. The van der Waals surface area contributed by atoms with Gasteiger partial charge < -0.3 is 4.74 Å². The van der Waals surface area contributed by atoms with E-state index in [0.29, 0.717) is 25.3 Å². The molecule has 0 N–H and O–H groups in total. The summed E-state index contributed by atoms with van der Waals surface area (Å²) in [4.78, 5) is 0.0306. The molecule has 1 fully saturated rings. The molecule has 1 unspecified atom stereocenters. The molecule has 114 valence electrons. The Morgan fingerprint density at radius 1 is 1.52 bits per heavy atom. The van der Waals surface area contributed by atoms with Crippen LogP contribution in [-0.4, -0.2) is 38.5 Å². The first kappa shape index (κ1) is 16.2. The van der Waals surface area contributed by atoms with Crippen molar-refractivity contribution in [1.82, 2.24) is 4.31 Å². The van der Waals surface area contributed by atoms with E-state index in [4.69, 9.17) is 21.6 Å². The highest BCUT2D eigenvalue weighted by atomic mass is 35.5. The first-order valence-corrected chi connectivity index (χ1v) is 8.62. The number of halogens is 1. The maximum Gasteiger partial charge on any atom is 0.244 e. The van der Waals surface area contributed by atoms with Crippen LogP contribution in [0.5, 0.6) is 0 Å². The van der Waals surface area contributed by atoms with Gasteiger partial charge in [0.2, 0.25) is 10.0 Å². The van der Waals surface area contributed by atoms with Crippen molar-refractivity contribution in [2.45, 2.75) is 30.8 Å². The Morgan fingerprint density at radius 3 is 2.81 bits per heavy atom. The van der Waals surface area contributed by atoms with Gasteiger partial charge in [0.25, 0.3) is 0 Å². The van der Waals surface area contributed by atoms with E-state index in [0.717, 1.165) is 12.8 Å². The number of hydrogen-bond acceptors (Lipinski definition) is 4. The van der Waals surface area contributed by atoms with Gasteiger partial charge in [0.15, 0.2) is 0 Å². The van der Waals surface area contributed by atoms with Crippen molar-refractivity contribution in [3.8, 4) is 6.07 Å². The molecule has 0 saturated carbocycles. The minimum Gasteiger partial charge on any atom is -0.377 e. The lowest BCUT2D eigenvalue weighted by Crippen LogP contribution is -2.37. The van der Waals surface area contributed by atoms with Crippen molar-refractivity contribution in [2.75, 3.05) is 19.7 Å². The number of benzene rings is 1. The van der Waals surface area contributed by atoms with Gasteiger partial charge in [-0.1, -0.05) is 18.5 Å². The number of sulfonamides is 1. The smallest absolute Gasteiger partial charge is 0.244 e. The molecule has 0 radical (unpaired) electrons. The van der Waals surface area contributed by atoms with E-state index in [-0.39, 0.29) is 16.0 Å². The molecule has 0 aliphatic carbocycles. The minimum absolute atomic E-state index is 0.0306. The molecule has 1 heterocycles. The molecule has 7 heteroatoms. The quantitative estimate of drug-likeness (QED) is 0.832. The highest BCUT2D eigenvalue weighted by Gasteiger charge is 2.29. The molecule has 1 aromatic carbocycles. The summed E-state index contributed by atoms with van der Waals surface area (Å²) in [6.07, 6.45) is 1.77. The minimum atomic E-state index is -3.68. The van der Waals surface area contributed by atoms with Crippen LogP contribution in [0.1, 0.15) is 25.3 Å². The van der Waals surface area contributed by atoms with Crippen LogP contribution in [0, 0.1) is 11.3 Å². The molecule has 21 heavy (non-hydrogen) atoms. The number of rotatable bonds is 5. The fourth-order valence-electron chi connectivity index (χ4n) is 2.33. The molecular formula is C14H17ClN2O3S. The average molecular weight is 329 g/mol. The van der Waals surface area contributed by atoms with Crippen LogP contribution in [0.3, 0.4) is 0 Å². The molecule has 5 nitrogen and oxygen atoms in total. The molecule has 1 aliphatic rings. The van der Waals surface area contributed by atoms with E-state index >= 15 is 0 Å². The second-order valence-electron chi connectivity index (χ2n) is 4.85. The van der Waals surface area contributed by atoms with Crippen LogP contribution in [0.25, 0.3) is 0 Å². The molecule has 1 aromatic rings. The van der Waals surface area contributed by atoms with Gasteiger partial charge >= 0.3 is 0 Å². The number of nitriles is 1.